The van der Waals surface area contributed by atoms with Crippen LogP contribution in [0.25, 0.3) is 0 Å². The summed E-state index contributed by atoms with van der Waals surface area (Å²) in [6, 6.07) is 3.92. The number of esters is 1. The van der Waals surface area contributed by atoms with Crippen LogP contribution in [-0.2, 0) is 16.0 Å². The summed E-state index contributed by atoms with van der Waals surface area (Å²) in [5.74, 6) is -0.232. The third-order valence-electron chi connectivity index (χ3n) is 2.96. The zero-order valence-electron chi connectivity index (χ0n) is 9.56. The van der Waals surface area contributed by atoms with E-state index in [1.165, 1.54) is 12.7 Å². The minimum absolute atomic E-state index is 0.172. The average Bonchev–Trinajstić information content (AvgIpc) is 2.72. The molecule has 1 aromatic heterocycles. The molecule has 0 saturated heterocycles. The Morgan fingerprint density at radius 1 is 1.69 bits per heavy atom. The van der Waals surface area contributed by atoms with Crippen molar-refractivity contribution in [2.45, 2.75) is 31.8 Å². The number of aryl methyl sites for hydroxylation is 1. The second kappa shape index (κ2) is 4.61. The van der Waals surface area contributed by atoms with E-state index in [-0.39, 0.29) is 18.1 Å². The molecule has 1 aromatic rings. The Bertz CT molecular complexity index is 392. The number of ether oxygens (including phenoxy) is 1. The third-order valence-corrected chi connectivity index (χ3v) is 2.96. The molecule has 0 radical (unpaired) electrons. The Morgan fingerprint density at radius 2 is 2.50 bits per heavy atom. The first-order valence-electron chi connectivity index (χ1n) is 5.50. The quantitative estimate of drug-likeness (QED) is 0.778. The SMILES string of the molecule is COC(=O)C(C)NC1CCc2cccnc21. The Morgan fingerprint density at radius 3 is 3.25 bits per heavy atom. The van der Waals surface area contributed by atoms with Crippen molar-refractivity contribution >= 4 is 5.97 Å². The van der Waals surface area contributed by atoms with Gasteiger partial charge in [-0.25, -0.2) is 0 Å². The standard InChI is InChI=1S/C12H16N2O2/c1-8(12(15)16-2)14-10-6-5-9-4-3-7-13-11(9)10/h3-4,7-8,10,14H,5-6H2,1-2H3. The van der Waals surface area contributed by atoms with E-state index >= 15 is 0 Å². The summed E-state index contributed by atoms with van der Waals surface area (Å²) in [6.45, 7) is 1.81. The predicted octanol–water partition coefficient (Wildman–Crippen LogP) is 1.22. The highest BCUT2D eigenvalue weighted by Crippen LogP contribution is 2.29. The topological polar surface area (TPSA) is 51.2 Å². The Hall–Kier alpha value is -1.42. The van der Waals surface area contributed by atoms with E-state index in [2.05, 4.69) is 21.1 Å². The fourth-order valence-corrected chi connectivity index (χ4v) is 2.12. The second-order valence-electron chi connectivity index (χ2n) is 4.05. The molecule has 0 bridgehead atoms. The Kier molecular flexibility index (Phi) is 3.19. The van der Waals surface area contributed by atoms with Gasteiger partial charge in [0, 0.05) is 6.20 Å². The molecule has 1 N–H and O–H groups in total. The lowest BCUT2D eigenvalue weighted by Crippen LogP contribution is -2.37. The molecule has 16 heavy (non-hydrogen) atoms. The minimum atomic E-state index is -0.289. The number of aromatic nitrogens is 1. The molecule has 2 atom stereocenters. The van der Waals surface area contributed by atoms with Crippen LogP contribution >= 0.6 is 0 Å². The molecule has 1 aliphatic rings. The Labute approximate surface area is 95.0 Å². The highest BCUT2D eigenvalue weighted by molar-refractivity contribution is 5.75. The summed E-state index contributed by atoms with van der Waals surface area (Å²) in [5.41, 5.74) is 2.34. The van der Waals surface area contributed by atoms with Crippen LogP contribution in [0.5, 0.6) is 0 Å². The summed E-state index contributed by atoms with van der Waals surface area (Å²) in [4.78, 5) is 15.7. The van der Waals surface area contributed by atoms with E-state index in [0.29, 0.717) is 0 Å². The van der Waals surface area contributed by atoms with Gasteiger partial charge in [0.05, 0.1) is 18.8 Å². The van der Waals surface area contributed by atoms with Gasteiger partial charge in [0.25, 0.3) is 0 Å². The number of methoxy groups -OCH3 is 1. The van der Waals surface area contributed by atoms with Gasteiger partial charge in [-0.2, -0.15) is 0 Å². The van der Waals surface area contributed by atoms with Gasteiger partial charge in [0.15, 0.2) is 0 Å². The predicted molar refractivity (Wildman–Crippen MR) is 59.9 cm³/mol. The maximum absolute atomic E-state index is 11.3. The van der Waals surface area contributed by atoms with E-state index in [1.807, 2.05) is 13.0 Å². The van der Waals surface area contributed by atoms with Gasteiger partial charge in [-0.05, 0) is 31.4 Å². The molecule has 1 aliphatic carbocycles. The van der Waals surface area contributed by atoms with Crippen LogP contribution in [0.1, 0.15) is 30.6 Å². The van der Waals surface area contributed by atoms with Gasteiger partial charge in [-0.1, -0.05) is 6.07 Å². The highest BCUT2D eigenvalue weighted by Gasteiger charge is 2.26. The minimum Gasteiger partial charge on any atom is -0.468 e. The summed E-state index contributed by atoms with van der Waals surface area (Å²) in [6.07, 6.45) is 3.81. The second-order valence-corrected chi connectivity index (χ2v) is 4.05. The fraction of sp³-hybridized carbons (Fsp3) is 0.500. The smallest absolute Gasteiger partial charge is 0.322 e. The van der Waals surface area contributed by atoms with Gasteiger partial charge in [-0.15, -0.1) is 0 Å². The number of fused-ring (bicyclic) bond motifs is 1. The third kappa shape index (κ3) is 2.07. The molecular weight excluding hydrogens is 204 g/mol. The average molecular weight is 220 g/mol. The van der Waals surface area contributed by atoms with Crippen molar-refractivity contribution in [3.63, 3.8) is 0 Å². The lowest BCUT2D eigenvalue weighted by molar-refractivity contribution is -0.142. The van der Waals surface area contributed by atoms with Crippen molar-refractivity contribution in [1.29, 1.82) is 0 Å². The van der Waals surface area contributed by atoms with Crippen LogP contribution in [0.4, 0.5) is 0 Å². The molecule has 0 amide bonds. The van der Waals surface area contributed by atoms with Crippen molar-refractivity contribution < 1.29 is 9.53 Å². The zero-order valence-corrected chi connectivity index (χ0v) is 9.56. The lowest BCUT2D eigenvalue weighted by atomic mass is 10.2. The largest absolute Gasteiger partial charge is 0.468 e. The molecule has 2 rings (SSSR count). The number of rotatable bonds is 3. The van der Waals surface area contributed by atoms with Crippen molar-refractivity contribution in [1.82, 2.24) is 10.3 Å². The Balaban J connectivity index is 2.06. The summed E-state index contributed by atoms with van der Waals surface area (Å²) < 4.78 is 4.69. The number of carbonyl (C=O) groups excluding carboxylic acids is 1. The number of nitrogens with zero attached hydrogens (tertiary/aromatic N) is 1. The van der Waals surface area contributed by atoms with Gasteiger partial charge < -0.3 is 4.74 Å². The van der Waals surface area contributed by atoms with Crippen LogP contribution < -0.4 is 5.32 Å². The van der Waals surface area contributed by atoms with Gasteiger partial charge in [0.2, 0.25) is 0 Å². The van der Waals surface area contributed by atoms with E-state index in [9.17, 15) is 4.79 Å². The van der Waals surface area contributed by atoms with Gasteiger partial charge >= 0.3 is 5.97 Å². The molecule has 4 nitrogen and oxygen atoms in total. The summed E-state index contributed by atoms with van der Waals surface area (Å²) in [7, 11) is 1.40. The monoisotopic (exact) mass is 220 g/mol. The first kappa shape index (κ1) is 11.1. The molecular formula is C12H16N2O2. The molecule has 0 aliphatic heterocycles. The van der Waals surface area contributed by atoms with Crippen molar-refractivity contribution in [2.75, 3.05) is 7.11 Å². The maximum Gasteiger partial charge on any atom is 0.322 e. The van der Waals surface area contributed by atoms with Crippen molar-refractivity contribution in [3.05, 3.63) is 29.6 Å². The summed E-state index contributed by atoms with van der Waals surface area (Å²) in [5, 5.41) is 3.25. The normalized spacial score (nSPS) is 20.2. The van der Waals surface area contributed by atoms with Crippen LogP contribution in [0.15, 0.2) is 18.3 Å². The highest BCUT2D eigenvalue weighted by atomic mass is 16.5. The number of hydrogen-bond donors (Lipinski definition) is 1. The molecule has 4 heteroatoms. The fourth-order valence-electron chi connectivity index (χ4n) is 2.12. The van der Waals surface area contributed by atoms with Gasteiger partial charge in [0.1, 0.15) is 6.04 Å². The number of nitrogens with one attached hydrogen (secondary N) is 1. The van der Waals surface area contributed by atoms with Crippen molar-refractivity contribution in [2.24, 2.45) is 0 Å². The van der Waals surface area contributed by atoms with E-state index in [0.717, 1.165) is 18.5 Å². The molecule has 2 unspecified atom stereocenters. The van der Waals surface area contributed by atoms with Crippen LogP contribution in [0.2, 0.25) is 0 Å². The molecule has 1 heterocycles. The van der Waals surface area contributed by atoms with Gasteiger partial charge in [-0.3, -0.25) is 15.1 Å². The van der Waals surface area contributed by atoms with Crippen LogP contribution in [0.3, 0.4) is 0 Å². The number of carbonyl (C=O) groups is 1. The molecule has 0 saturated carbocycles. The molecule has 86 valence electrons. The summed E-state index contributed by atoms with van der Waals surface area (Å²) >= 11 is 0. The first-order chi connectivity index (χ1) is 7.72. The molecule has 0 spiro atoms. The van der Waals surface area contributed by atoms with E-state index in [4.69, 9.17) is 0 Å². The van der Waals surface area contributed by atoms with E-state index in [1.54, 1.807) is 6.20 Å². The number of hydrogen-bond acceptors (Lipinski definition) is 4. The lowest BCUT2D eigenvalue weighted by Gasteiger charge is -2.17. The molecule has 0 fully saturated rings. The first-order valence-corrected chi connectivity index (χ1v) is 5.50. The molecule has 0 aromatic carbocycles. The van der Waals surface area contributed by atoms with E-state index < -0.39 is 0 Å². The van der Waals surface area contributed by atoms with Crippen LogP contribution in [-0.4, -0.2) is 24.1 Å². The van der Waals surface area contributed by atoms with Crippen LogP contribution in [0, 0.1) is 0 Å². The maximum atomic E-state index is 11.3. The van der Waals surface area contributed by atoms with Crippen molar-refractivity contribution in [3.8, 4) is 0 Å². The number of pyridine rings is 1. The zero-order chi connectivity index (χ0) is 11.5.